The molecule has 1 amide bonds. The summed E-state index contributed by atoms with van der Waals surface area (Å²) in [4.78, 5) is 23.9. The van der Waals surface area contributed by atoms with Crippen LogP contribution in [0.3, 0.4) is 0 Å². The molecule has 0 spiro atoms. The second-order valence-corrected chi connectivity index (χ2v) is 5.09. The Bertz CT molecular complexity index is 384. The summed E-state index contributed by atoms with van der Waals surface area (Å²) in [5, 5.41) is 25.6. The fraction of sp³-hybridized carbons (Fsp3) is 0.667. The zero-order valence-corrected chi connectivity index (χ0v) is 11.9. The lowest BCUT2D eigenvalue weighted by atomic mass is 10.2. The summed E-state index contributed by atoms with van der Waals surface area (Å²) in [6.07, 6.45) is 0.751. The number of nitriles is 2. The number of hydrogen-bond donors (Lipinski definition) is 2. The molecule has 1 unspecified atom stereocenters. The Balaban J connectivity index is 4.03. The number of carbonyl (C=O) groups is 2. The number of nitrogens with zero attached hydrogens (tertiary/aromatic N) is 3. The van der Waals surface area contributed by atoms with Gasteiger partial charge in [-0.15, -0.1) is 0 Å². The molecule has 0 heterocycles. The summed E-state index contributed by atoms with van der Waals surface area (Å²) in [5.41, 5.74) is 5.34. The lowest BCUT2D eigenvalue weighted by Gasteiger charge is -2.20. The average molecular weight is 298 g/mol. The summed E-state index contributed by atoms with van der Waals surface area (Å²) in [6, 6.07) is 3.01. The lowest BCUT2D eigenvalue weighted by molar-refractivity contribution is -0.138. The van der Waals surface area contributed by atoms with Gasteiger partial charge in [-0.25, -0.2) is 0 Å². The van der Waals surface area contributed by atoms with Gasteiger partial charge >= 0.3 is 5.97 Å². The van der Waals surface area contributed by atoms with E-state index in [0.29, 0.717) is 25.3 Å². The predicted molar refractivity (Wildman–Crippen MR) is 74.6 cm³/mol. The van der Waals surface area contributed by atoms with Crippen LogP contribution in [0.1, 0.15) is 19.3 Å². The summed E-state index contributed by atoms with van der Waals surface area (Å²) >= 11 is 1.30. The molecule has 1 atom stereocenters. The van der Waals surface area contributed by atoms with E-state index in [0.717, 1.165) is 0 Å². The van der Waals surface area contributed by atoms with Crippen LogP contribution in [-0.2, 0) is 9.59 Å². The number of nitrogens with two attached hydrogens (primary N) is 1. The van der Waals surface area contributed by atoms with Crippen LogP contribution in [0.15, 0.2) is 0 Å². The minimum Gasteiger partial charge on any atom is -0.480 e. The fourth-order valence-corrected chi connectivity index (χ4v) is 2.24. The Morgan fingerprint density at radius 3 is 2.25 bits per heavy atom. The molecule has 8 heteroatoms. The van der Waals surface area contributed by atoms with Gasteiger partial charge in [-0.05, 0) is 12.2 Å². The van der Waals surface area contributed by atoms with E-state index in [1.54, 1.807) is 0 Å². The molecule has 110 valence electrons. The van der Waals surface area contributed by atoms with Crippen molar-refractivity contribution in [3.05, 3.63) is 0 Å². The molecule has 0 aliphatic heterocycles. The van der Waals surface area contributed by atoms with Crippen molar-refractivity contribution >= 4 is 23.6 Å². The molecule has 0 aliphatic carbocycles. The predicted octanol–water partition coefficient (Wildman–Crippen LogP) is 0.178. The number of amides is 1. The lowest BCUT2D eigenvalue weighted by Crippen LogP contribution is -2.34. The molecule has 0 rings (SSSR count). The first-order valence-electron chi connectivity index (χ1n) is 6.10. The number of thioether (sulfide) groups is 1. The maximum atomic E-state index is 11.9. The van der Waals surface area contributed by atoms with Crippen molar-refractivity contribution in [1.29, 1.82) is 10.5 Å². The number of rotatable bonds is 10. The van der Waals surface area contributed by atoms with Gasteiger partial charge in [0.25, 0.3) is 0 Å². The van der Waals surface area contributed by atoms with E-state index in [-0.39, 0.29) is 24.5 Å². The minimum absolute atomic E-state index is 0.149. The van der Waals surface area contributed by atoms with Gasteiger partial charge in [0.05, 0.1) is 30.7 Å². The highest BCUT2D eigenvalue weighted by Gasteiger charge is 2.14. The summed E-state index contributed by atoms with van der Waals surface area (Å²) < 4.78 is 0. The molecule has 0 bridgehead atoms. The molecule has 0 aromatic heterocycles. The van der Waals surface area contributed by atoms with Crippen molar-refractivity contribution in [3.8, 4) is 12.1 Å². The maximum Gasteiger partial charge on any atom is 0.320 e. The molecule has 0 radical (unpaired) electrons. The first-order chi connectivity index (χ1) is 9.52. The van der Waals surface area contributed by atoms with Gasteiger partial charge in [0, 0.05) is 13.1 Å². The van der Waals surface area contributed by atoms with Crippen LogP contribution in [0.25, 0.3) is 0 Å². The highest BCUT2D eigenvalue weighted by Crippen LogP contribution is 2.07. The second kappa shape index (κ2) is 11.1. The third-order valence-corrected chi connectivity index (χ3v) is 3.43. The molecule has 7 nitrogen and oxygen atoms in total. The van der Waals surface area contributed by atoms with Gasteiger partial charge in [-0.2, -0.15) is 22.3 Å². The molecule has 3 N–H and O–H groups in total. The first kappa shape index (κ1) is 18.2. The van der Waals surface area contributed by atoms with Gasteiger partial charge in [-0.3, -0.25) is 9.59 Å². The van der Waals surface area contributed by atoms with Crippen molar-refractivity contribution in [2.45, 2.75) is 25.3 Å². The quantitative estimate of drug-likeness (QED) is 0.550. The maximum absolute atomic E-state index is 11.9. The second-order valence-electron chi connectivity index (χ2n) is 3.98. The Hall–Kier alpha value is -1.77. The minimum atomic E-state index is -1.05. The van der Waals surface area contributed by atoms with E-state index < -0.39 is 12.0 Å². The van der Waals surface area contributed by atoms with Crippen LogP contribution < -0.4 is 5.73 Å². The van der Waals surface area contributed by atoms with E-state index in [2.05, 4.69) is 0 Å². The van der Waals surface area contributed by atoms with Crippen LogP contribution in [0.4, 0.5) is 0 Å². The zero-order chi connectivity index (χ0) is 15.4. The van der Waals surface area contributed by atoms with Gasteiger partial charge in [0.15, 0.2) is 0 Å². The molecule has 0 aromatic carbocycles. The van der Waals surface area contributed by atoms with E-state index in [4.69, 9.17) is 21.4 Å². The number of hydrogen-bond acceptors (Lipinski definition) is 6. The van der Waals surface area contributed by atoms with Crippen LogP contribution in [0.5, 0.6) is 0 Å². The van der Waals surface area contributed by atoms with E-state index in [9.17, 15) is 9.59 Å². The molecule has 0 saturated heterocycles. The zero-order valence-electron chi connectivity index (χ0n) is 11.1. The third kappa shape index (κ3) is 8.35. The molecule has 0 fully saturated rings. The molecule has 20 heavy (non-hydrogen) atoms. The Kier molecular flexibility index (Phi) is 10.1. The van der Waals surface area contributed by atoms with E-state index in [1.165, 1.54) is 16.7 Å². The molecular weight excluding hydrogens is 280 g/mol. The topological polar surface area (TPSA) is 131 Å². The van der Waals surface area contributed by atoms with E-state index in [1.807, 2.05) is 12.1 Å². The normalized spacial score (nSPS) is 11.2. The van der Waals surface area contributed by atoms with Gasteiger partial charge in [-0.1, -0.05) is 0 Å². The number of carboxylic acid groups (broad SMARTS) is 1. The monoisotopic (exact) mass is 298 g/mol. The summed E-state index contributed by atoms with van der Waals surface area (Å²) in [5.74, 6) is -0.529. The molecule has 0 saturated carbocycles. The number of carbonyl (C=O) groups excluding carboxylic acids is 1. The first-order valence-corrected chi connectivity index (χ1v) is 7.26. The fourth-order valence-electron chi connectivity index (χ4n) is 1.32. The van der Waals surface area contributed by atoms with Crippen molar-refractivity contribution in [3.63, 3.8) is 0 Å². The van der Waals surface area contributed by atoms with Crippen molar-refractivity contribution in [1.82, 2.24) is 4.90 Å². The Morgan fingerprint density at radius 1 is 1.25 bits per heavy atom. The molecule has 0 aromatic rings. The highest BCUT2D eigenvalue weighted by atomic mass is 32.2. The SMILES string of the molecule is N#CCCN(CCC#N)C(=O)CSCCC(N)C(=O)O. The molecular formula is C12H18N4O3S. The van der Waals surface area contributed by atoms with Crippen LogP contribution in [0.2, 0.25) is 0 Å². The smallest absolute Gasteiger partial charge is 0.320 e. The average Bonchev–Trinajstić information content (AvgIpc) is 2.43. The van der Waals surface area contributed by atoms with E-state index >= 15 is 0 Å². The van der Waals surface area contributed by atoms with Crippen molar-refractivity contribution in [2.75, 3.05) is 24.6 Å². The number of aliphatic carboxylic acids is 1. The van der Waals surface area contributed by atoms with Gasteiger partial charge in [0.2, 0.25) is 5.91 Å². The van der Waals surface area contributed by atoms with Gasteiger partial charge in [0.1, 0.15) is 6.04 Å². The number of carboxylic acids is 1. The van der Waals surface area contributed by atoms with Crippen LogP contribution in [0, 0.1) is 22.7 Å². The van der Waals surface area contributed by atoms with Crippen LogP contribution >= 0.6 is 11.8 Å². The Labute approximate surface area is 122 Å². The summed E-state index contributed by atoms with van der Waals surface area (Å²) in [7, 11) is 0. The van der Waals surface area contributed by atoms with Crippen molar-refractivity contribution in [2.24, 2.45) is 5.73 Å². The Morgan fingerprint density at radius 2 is 1.80 bits per heavy atom. The largest absolute Gasteiger partial charge is 0.480 e. The van der Waals surface area contributed by atoms with Crippen LogP contribution in [-0.4, -0.2) is 52.5 Å². The highest BCUT2D eigenvalue weighted by molar-refractivity contribution is 7.99. The van der Waals surface area contributed by atoms with Crippen molar-refractivity contribution < 1.29 is 14.7 Å². The van der Waals surface area contributed by atoms with Gasteiger partial charge < -0.3 is 15.7 Å². The molecule has 0 aliphatic rings. The third-order valence-electron chi connectivity index (χ3n) is 2.46. The summed E-state index contributed by atoms with van der Waals surface area (Å²) in [6.45, 7) is 0.623. The standard InChI is InChI=1S/C12H18N4O3S/c13-4-1-6-16(7-2-5-14)11(17)9-20-8-3-10(15)12(18)19/h10H,1-3,6-9,15H2,(H,18,19).